The fourth-order valence-corrected chi connectivity index (χ4v) is 2.29. The molecule has 0 aromatic carbocycles. The highest BCUT2D eigenvalue weighted by Gasteiger charge is 2.27. The van der Waals surface area contributed by atoms with Crippen LogP contribution in [0.5, 0.6) is 0 Å². The largest absolute Gasteiger partial charge is 0.444 e. The number of ether oxygens (including phenoxy) is 2. The fraction of sp³-hybridized carbons (Fsp3) is 0.833. The van der Waals surface area contributed by atoms with E-state index in [-0.39, 0.29) is 6.10 Å². The van der Waals surface area contributed by atoms with Gasteiger partial charge in [-0.05, 0) is 55.5 Å². The van der Waals surface area contributed by atoms with E-state index in [4.69, 9.17) is 14.3 Å². The Labute approximate surface area is 161 Å². The van der Waals surface area contributed by atoms with Gasteiger partial charge in [-0.15, -0.1) is 0 Å². The van der Waals surface area contributed by atoms with Crippen LogP contribution in [0.15, 0.2) is 5.16 Å². The lowest BCUT2D eigenvalue weighted by atomic mass is 10.1. The molecular formula is C18H34N4O5. The number of nitrogens with one attached hydrogen (secondary N) is 2. The van der Waals surface area contributed by atoms with E-state index < -0.39 is 29.7 Å². The zero-order valence-electron chi connectivity index (χ0n) is 17.7. The maximum absolute atomic E-state index is 12.1. The van der Waals surface area contributed by atoms with Crippen molar-refractivity contribution in [2.24, 2.45) is 5.16 Å². The SMILES string of the molecule is CC1=NOC(CCN(C)C(NC(=O)OC(C)(C)C)NC(=O)OC(C)(C)C)C1. The van der Waals surface area contributed by atoms with E-state index in [0.717, 1.165) is 12.1 Å². The minimum Gasteiger partial charge on any atom is -0.444 e. The van der Waals surface area contributed by atoms with Crippen molar-refractivity contribution in [2.75, 3.05) is 13.6 Å². The van der Waals surface area contributed by atoms with Gasteiger partial charge in [0.2, 0.25) is 0 Å². The smallest absolute Gasteiger partial charge is 0.410 e. The maximum atomic E-state index is 12.1. The molecule has 27 heavy (non-hydrogen) atoms. The van der Waals surface area contributed by atoms with Crippen molar-refractivity contribution in [1.82, 2.24) is 15.5 Å². The first-order valence-corrected chi connectivity index (χ1v) is 9.14. The standard InChI is InChI=1S/C18H34N4O5/c1-12-11-13(27-21-12)9-10-22(8)14(19-15(23)25-17(2,3)4)20-16(24)26-18(5,6)7/h13-14H,9-11H2,1-8H3,(H,19,23)(H,20,24). The van der Waals surface area contributed by atoms with Crippen molar-refractivity contribution in [1.29, 1.82) is 0 Å². The number of oxime groups is 1. The molecule has 0 aromatic rings. The Morgan fingerprint density at radius 1 is 1.15 bits per heavy atom. The van der Waals surface area contributed by atoms with Crippen LogP contribution in [-0.4, -0.2) is 60.0 Å². The van der Waals surface area contributed by atoms with Gasteiger partial charge in [0.25, 0.3) is 0 Å². The highest BCUT2D eigenvalue weighted by atomic mass is 16.6. The zero-order chi connectivity index (χ0) is 20.8. The molecule has 0 aliphatic carbocycles. The van der Waals surface area contributed by atoms with E-state index in [1.807, 2.05) is 6.92 Å². The van der Waals surface area contributed by atoms with Gasteiger partial charge in [0, 0.05) is 19.4 Å². The lowest BCUT2D eigenvalue weighted by Crippen LogP contribution is -2.58. The zero-order valence-corrected chi connectivity index (χ0v) is 17.7. The van der Waals surface area contributed by atoms with E-state index in [9.17, 15) is 9.59 Å². The Morgan fingerprint density at radius 3 is 2.00 bits per heavy atom. The molecule has 0 fully saturated rings. The number of carbonyl (C=O) groups is 2. The van der Waals surface area contributed by atoms with Gasteiger partial charge in [0.05, 0.1) is 5.71 Å². The van der Waals surface area contributed by atoms with E-state index in [0.29, 0.717) is 13.0 Å². The molecule has 2 N–H and O–H groups in total. The molecule has 9 nitrogen and oxygen atoms in total. The molecule has 1 atom stereocenters. The summed E-state index contributed by atoms with van der Waals surface area (Å²) in [5.74, 6) is 0. The van der Waals surface area contributed by atoms with Gasteiger partial charge in [0.1, 0.15) is 17.3 Å². The number of nitrogens with zero attached hydrogens (tertiary/aromatic N) is 2. The minimum atomic E-state index is -0.793. The van der Waals surface area contributed by atoms with Gasteiger partial charge in [-0.1, -0.05) is 5.16 Å². The monoisotopic (exact) mass is 386 g/mol. The van der Waals surface area contributed by atoms with Crippen molar-refractivity contribution < 1.29 is 23.9 Å². The van der Waals surface area contributed by atoms with Crippen LogP contribution in [0.3, 0.4) is 0 Å². The minimum absolute atomic E-state index is 0.00356. The van der Waals surface area contributed by atoms with Gasteiger partial charge < -0.3 is 14.3 Å². The summed E-state index contributed by atoms with van der Waals surface area (Å²) in [5.41, 5.74) is -0.338. The van der Waals surface area contributed by atoms with Crippen LogP contribution in [-0.2, 0) is 14.3 Å². The molecule has 1 aliphatic rings. The second-order valence-electron chi connectivity index (χ2n) is 8.72. The Hall–Kier alpha value is -2.03. The summed E-state index contributed by atoms with van der Waals surface area (Å²) in [7, 11) is 1.78. The molecule has 1 aliphatic heterocycles. The molecule has 0 spiro atoms. The number of hydrogen-bond donors (Lipinski definition) is 2. The van der Waals surface area contributed by atoms with Crippen LogP contribution in [0.25, 0.3) is 0 Å². The first kappa shape index (κ1) is 23.0. The number of carbonyl (C=O) groups excluding carboxylic acids is 2. The maximum Gasteiger partial charge on any atom is 0.410 e. The van der Waals surface area contributed by atoms with Crippen molar-refractivity contribution >= 4 is 17.9 Å². The summed E-state index contributed by atoms with van der Waals surface area (Å²) in [4.78, 5) is 31.4. The van der Waals surface area contributed by atoms with Crippen molar-refractivity contribution in [3.8, 4) is 0 Å². The van der Waals surface area contributed by atoms with Crippen LogP contribution < -0.4 is 10.6 Å². The third-order valence-electron chi connectivity index (χ3n) is 3.43. The third kappa shape index (κ3) is 10.0. The topological polar surface area (TPSA) is 101 Å². The lowest BCUT2D eigenvalue weighted by Gasteiger charge is -2.31. The second-order valence-corrected chi connectivity index (χ2v) is 8.72. The van der Waals surface area contributed by atoms with Gasteiger partial charge in [-0.3, -0.25) is 15.5 Å². The number of rotatable bonds is 6. The Morgan fingerprint density at radius 2 is 1.63 bits per heavy atom. The normalized spacial score (nSPS) is 17.4. The fourth-order valence-electron chi connectivity index (χ4n) is 2.29. The highest BCUT2D eigenvalue weighted by molar-refractivity contribution is 5.82. The molecule has 0 radical (unpaired) electrons. The van der Waals surface area contributed by atoms with E-state index in [1.165, 1.54) is 0 Å². The van der Waals surface area contributed by atoms with E-state index in [1.54, 1.807) is 53.5 Å². The molecule has 0 saturated carbocycles. The second kappa shape index (κ2) is 9.25. The molecular weight excluding hydrogens is 352 g/mol. The highest BCUT2D eigenvalue weighted by Crippen LogP contribution is 2.14. The molecule has 1 heterocycles. The number of hydrogen-bond acceptors (Lipinski definition) is 7. The number of alkyl carbamates (subject to hydrolysis) is 2. The van der Waals surface area contributed by atoms with Gasteiger partial charge in [0.15, 0.2) is 6.29 Å². The van der Waals surface area contributed by atoms with Crippen molar-refractivity contribution in [3.63, 3.8) is 0 Å². The molecule has 2 amide bonds. The predicted octanol–water partition coefficient (Wildman–Crippen LogP) is 2.81. The molecule has 156 valence electrons. The molecule has 0 saturated heterocycles. The first-order valence-electron chi connectivity index (χ1n) is 9.14. The van der Waals surface area contributed by atoms with Crippen molar-refractivity contribution in [3.05, 3.63) is 0 Å². The molecule has 0 bridgehead atoms. The first-order chi connectivity index (χ1) is 12.2. The number of amides is 2. The van der Waals surface area contributed by atoms with Gasteiger partial charge in [-0.25, -0.2) is 9.59 Å². The van der Waals surface area contributed by atoms with Crippen molar-refractivity contribution in [2.45, 2.75) is 84.9 Å². The molecule has 1 rings (SSSR count). The average molecular weight is 386 g/mol. The molecule has 9 heteroatoms. The van der Waals surface area contributed by atoms with E-state index >= 15 is 0 Å². The van der Waals surface area contributed by atoms with Gasteiger partial charge >= 0.3 is 12.2 Å². The van der Waals surface area contributed by atoms with Crippen LogP contribution in [0, 0.1) is 0 Å². The Bertz CT molecular complexity index is 521. The average Bonchev–Trinajstić information content (AvgIpc) is 2.85. The van der Waals surface area contributed by atoms with Crippen LogP contribution >= 0.6 is 0 Å². The lowest BCUT2D eigenvalue weighted by molar-refractivity contribution is 0.0253. The predicted molar refractivity (Wildman–Crippen MR) is 102 cm³/mol. The Kier molecular flexibility index (Phi) is 7.89. The third-order valence-corrected chi connectivity index (χ3v) is 3.43. The van der Waals surface area contributed by atoms with Crippen LogP contribution in [0.4, 0.5) is 9.59 Å². The summed E-state index contributed by atoms with van der Waals surface area (Å²) in [6.07, 6.45) is -0.593. The summed E-state index contributed by atoms with van der Waals surface area (Å²) >= 11 is 0. The summed E-state index contributed by atoms with van der Waals surface area (Å²) in [6.45, 7) is 13.1. The molecule has 1 unspecified atom stereocenters. The quantitative estimate of drug-likeness (QED) is 0.681. The van der Waals surface area contributed by atoms with Crippen LogP contribution in [0.1, 0.15) is 61.3 Å². The van der Waals surface area contributed by atoms with E-state index in [2.05, 4.69) is 15.8 Å². The Balaban J connectivity index is 2.67. The molecule has 0 aromatic heterocycles. The van der Waals surface area contributed by atoms with Crippen LogP contribution in [0.2, 0.25) is 0 Å². The summed E-state index contributed by atoms with van der Waals surface area (Å²) < 4.78 is 10.6. The summed E-state index contributed by atoms with van der Waals surface area (Å²) in [5, 5.41) is 9.25. The van der Waals surface area contributed by atoms with Gasteiger partial charge in [-0.2, -0.15) is 0 Å². The summed E-state index contributed by atoms with van der Waals surface area (Å²) in [6, 6.07) is 0.